The number of nitrogens with zero attached hydrogens (tertiary/aromatic N) is 2. The quantitative estimate of drug-likeness (QED) is 0.325. The fraction of sp³-hybridized carbons (Fsp3) is 0.923. The van der Waals surface area contributed by atoms with Crippen LogP contribution in [-0.4, -0.2) is 35.1 Å². The smallest absolute Gasteiger partial charge is 0.140 e. The van der Waals surface area contributed by atoms with E-state index in [0.717, 1.165) is 13.1 Å². The van der Waals surface area contributed by atoms with Crippen molar-refractivity contribution >= 4 is 5.84 Å². The van der Waals surface area contributed by atoms with Crippen LogP contribution in [0.15, 0.2) is 5.16 Å². The number of oxime groups is 1. The van der Waals surface area contributed by atoms with Gasteiger partial charge in [-0.1, -0.05) is 38.3 Å². The first-order chi connectivity index (χ1) is 8.13. The van der Waals surface area contributed by atoms with Crippen molar-refractivity contribution in [1.82, 2.24) is 4.90 Å². The van der Waals surface area contributed by atoms with Gasteiger partial charge in [-0.2, -0.15) is 0 Å². The summed E-state index contributed by atoms with van der Waals surface area (Å²) in [6.07, 6.45) is 7.36. The maximum atomic E-state index is 8.58. The van der Waals surface area contributed by atoms with Gasteiger partial charge in [-0.25, -0.2) is 0 Å². The molecule has 100 valence electrons. The van der Waals surface area contributed by atoms with Crippen LogP contribution in [0.3, 0.4) is 0 Å². The molecule has 17 heavy (non-hydrogen) atoms. The zero-order valence-corrected chi connectivity index (χ0v) is 11.2. The lowest BCUT2D eigenvalue weighted by atomic mass is 9.93. The summed E-state index contributed by atoms with van der Waals surface area (Å²) in [5, 5.41) is 11.6. The van der Waals surface area contributed by atoms with Gasteiger partial charge in [0.05, 0.1) is 0 Å². The molecule has 0 aromatic carbocycles. The molecule has 4 nitrogen and oxygen atoms in total. The van der Waals surface area contributed by atoms with Gasteiger partial charge in [-0.05, 0) is 18.8 Å². The van der Waals surface area contributed by atoms with Gasteiger partial charge in [-0.3, -0.25) is 4.90 Å². The Kier molecular flexibility index (Phi) is 6.34. The molecule has 0 saturated heterocycles. The van der Waals surface area contributed by atoms with Crippen molar-refractivity contribution < 1.29 is 5.21 Å². The molecule has 0 atom stereocenters. The zero-order chi connectivity index (χ0) is 12.7. The van der Waals surface area contributed by atoms with Crippen LogP contribution in [0.5, 0.6) is 0 Å². The highest BCUT2D eigenvalue weighted by molar-refractivity contribution is 5.79. The predicted molar refractivity (Wildman–Crippen MR) is 71.3 cm³/mol. The summed E-state index contributed by atoms with van der Waals surface area (Å²) < 4.78 is 0. The van der Waals surface area contributed by atoms with Crippen molar-refractivity contribution in [3.05, 3.63) is 0 Å². The Bertz CT molecular complexity index is 235. The van der Waals surface area contributed by atoms with E-state index in [1.54, 1.807) is 0 Å². The minimum absolute atomic E-state index is 0.342. The molecule has 3 N–H and O–H groups in total. The largest absolute Gasteiger partial charge is 0.409 e. The lowest BCUT2D eigenvalue weighted by Crippen LogP contribution is -2.41. The molecule has 0 aliphatic heterocycles. The lowest BCUT2D eigenvalue weighted by Gasteiger charge is -2.35. The minimum Gasteiger partial charge on any atom is -0.409 e. The van der Waals surface area contributed by atoms with Crippen LogP contribution in [0.4, 0.5) is 0 Å². The zero-order valence-electron chi connectivity index (χ0n) is 11.2. The summed E-state index contributed by atoms with van der Waals surface area (Å²) in [6.45, 7) is 6.53. The van der Waals surface area contributed by atoms with Crippen LogP contribution in [0, 0.1) is 5.92 Å². The highest BCUT2D eigenvalue weighted by Crippen LogP contribution is 2.23. The maximum absolute atomic E-state index is 8.58. The van der Waals surface area contributed by atoms with E-state index in [-0.39, 0.29) is 0 Å². The van der Waals surface area contributed by atoms with Gasteiger partial charge >= 0.3 is 0 Å². The molecule has 1 rings (SSSR count). The fourth-order valence-electron chi connectivity index (χ4n) is 2.65. The molecule has 1 aliphatic carbocycles. The van der Waals surface area contributed by atoms with Gasteiger partial charge in [0.2, 0.25) is 0 Å². The van der Waals surface area contributed by atoms with E-state index in [0.29, 0.717) is 24.2 Å². The van der Waals surface area contributed by atoms with E-state index in [1.807, 2.05) is 0 Å². The lowest BCUT2D eigenvalue weighted by molar-refractivity contribution is 0.143. The first-order valence-electron chi connectivity index (χ1n) is 6.84. The molecule has 4 heteroatoms. The van der Waals surface area contributed by atoms with Crippen LogP contribution >= 0.6 is 0 Å². The third kappa shape index (κ3) is 5.39. The number of rotatable bonds is 6. The van der Waals surface area contributed by atoms with Crippen LogP contribution in [0.2, 0.25) is 0 Å². The second-order valence-corrected chi connectivity index (χ2v) is 5.52. The highest BCUT2D eigenvalue weighted by atomic mass is 16.4. The topological polar surface area (TPSA) is 61.8 Å². The van der Waals surface area contributed by atoms with Crippen molar-refractivity contribution in [2.45, 2.75) is 58.4 Å². The van der Waals surface area contributed by atoms with Gasteiger partial charge in [0, 0.05) is 25.6 Å². The molecule has 0 unspecified atom stereocenters. The summed E-state index contributed by atoms with van der Waals surface area (Å²) in [5.41, 5.74) is 5.55. The van der Waals surface area contributed by atoms with E-state index in [9.17, 15) is 0 Å². The Morgan fingerprint density at radius 3 is 2.53 bits per heavy atom. The average Bonchev–Trinajstić information content (AvgIpc) is 2.34. The first kappa shape index (κ1) is 14.3. The predicted octanol–water partition coefficient (Wildman–Crippen LogP) is 2.41. The Balaban J connectivity index is 2.46. The van der Waals surface area contributed by atoms with E-state index in [1.165, 1.54) is 32.1 Å². The molecule has 0 amide bonds. The summed E-state index contributed by atoms with van der Waals surface area (Å²) >= 11 is 0. The molecule has 0 heterocycles. The van der Waals surface area contributed by atoms with Crippen molar-refractivity contribution in [2.24, 2.45) is 16.8 Å². The molecule has 0 spiro atoms. The van der Waals surface area contributed by atoms with Crippen molar-refractivity contribution in [3.63, 3.8) is 0 Å². The third-order valence-electron chi connectivity index (χ3n) is 3.47. The van der Waals surface area contributed by atoms with Gasteiger partial charge < -0.3 is 10.9 Å². The van der Waals surface area contributed by atoms with Crippen molar-refractivity contribution in [2.75, 3.05) is 13.1 Å². The van der Waals surface area contributed by atoms with Crippen molar-refractivity contribution in [3.8, 4) is 0 Å². The second-order valence-electron chi connectivity index (χ2n) is 5.52. The number of hydrogen-bond acceptors (Lipinski definition) is 3. The average molecular weight is 241 g/mol. The standard InChI is InChI=1S/C13H27N3O/c1-11(2)10-16(9-8-13(14)15-17)12-6-4-3-5-7-12/h11-12,17H,3-10H2,1-2H3,(H2,14,15). The second kappa shape index (κ2) is 7.54. The fourth-order valence-corrected chi connectivity index (χ4v) is 2.65. The molecule has 0 radical (unpaired) electrons. The molecular weight excluding hydrogens is 214 g/mol. The Labute approximate surface area is 105 Å². The van der Waals surface area contributed by atoms with Crippen LogP contribution < -0.4 is 5.73 Å². The molecular formula is C13H27N3O. The molecule has 1 fully saturated rings. The summed E-state index contributed by atoms with van der Waals surface area (Å²) in [5.74, 6) is 1.01. The molecule has 0 aromatic rings. The monoisotopic (exact) mass is 241 g/mol. The Morgan fingerprint density at radius 1 is 1.35 bits per heavy atom. The van der Waals surface area contributed by atoms with Crippen LogP contribution in [-0.2, 0) is 0 Å². The number of nitrogens with two attached hydrogens (primary N) is 1. The minimum atomic E-state index is 0.342. The van der Waals surface area contributed by atoms with E-state index in [2.05, 4.69) is 23.9 Å². The van der Waals surface area contributed by atoms with Gasteiger partial charge in [0.25, 0.3) is 0 Å². The Hall–Kier alpha value is -0.770. The summed E-state index contributed by atoms with van der Waals surface area (Å²) in [4.78, 5) is 2.53. The SMILES string of the molecule is CC(C)CN(CCC(N)=NO)C1CCCCC1. The number of hydrogen-bond donors (Lipinski definition) is 2. The number of amidine groups is 1. The summed E-state index contributed by atoms with van der Waals surface area (Å²) in [6, 6.07) is 0.706. The van der Waals surface area contributed by atoms with E-state index >= 15 is 0 Å². The normalized spacial score (nSPS) is 19.2. The Morgan fingerprint density at radius 2 is 2.00 bits per heavy atom. The maximum Gasteiger partial charge on any atom is 0.140 e. The molecule has 1 aliphatic rings. The first-order valence-corrected chi connectivity index (χ1v) is 6.84. The van der Waals surface area contributed by atoms with Gasteiger partial charge in [-0.15, -0.1) is 0 Å². The van der Waals surface area contributed by atoms with E-state index in [4.69, 9.17) is 10.9 Å². The third-order valence-corrected chi connectivity index (χ3v) is 3.47. The van der Waals surface area contributed by atoms with Crippen molar-refractivity contribution in [1.29, 1.82) is 0 Å². The molecule has 1 saturated carbocycles. The van der Waals surface area contributed by atoms with Gasteiger partial charge in [0.15, 0.2) is 0 Å². The summed E-state index contributed by atoms with van der Waals surface area (Å²) in [7, 11) is 0. The highest BCUT2D eigenvalue weighted by Gasteiger charge is 2.21. The van der Waals surface area contributed by atoms with Crippen LogP contribution in [0.25, 0.3) is 0 Å². The van der Waals surface area contributed by atoms with E-state index < -0.39 is 0 Å². The molecule has 0 aromatic heterocycles. The van der Waals surface area contributed by atoms with Gasteiger partial charge in [0.1, 0.15) is 5.84 Å². The molecule has 0 bridgehead atoms. The van der Waals surface area contributed by atoms with Crippen LogP contribution in [0.1, 0.15) is 52.4 Å².